The summed E-state index contributed by atoms with van der Waals surface area (Å²) >= 11 is 4.41. The quantitative estimate of drug-likeness (QED) is 0.694. The lowest BCUT2D eigenvalue weighted by Crippen LogP contribution is -2.48. The molecule has 0 aromatic heterocycles. The van der Waals surface area contributed by atoms with Crippen LogP contribution in [0.5, 0.6) is 0 Å². The van der Waals surface area contributed by atoms with E-state index in [9.17, 15) is 0 Å². The highest BCUT2D eigenvalue weighted by molar-refractivity contribution is 7.80. The van der Waals surface area contributed by atoms with Gasteiger partial charge >= 0.3 is 0 Å². The monoisotopic (exact) mass is 244 g/mol. The average molecular weight is 244 g/mol. The third-order valence-corrected chi connectivity index (χ3v) is 5.82. The molecule has 0 amide bonds. The predicted octanol–water partition coefficient (Wildman–Crippen LogP) is 4.44. The molecular formula is C16H20S. The van der Waals surface area contributed by atoms with E-state index in [4.69, 9.17) is 0 Å². The number of benzene rings is 1. The Hall–Kier alpha value is -0.430. The summed E-state index contributed by atoms with van der Waals surface area (Å²) in [7, 11) is 0. The zero-order valence-corrected chi connectivity index (χ0v) is 11.1. The lowest BCUT2D eigenvalue weighted by atomic mass is 9.48. The molecule has 0 radical (unpaired) electrons. The molecule has 0 unspecified atom stereocenters. The molecule has 4 fully saturated rings. The van der Waals surface area contributed by atoms with Crippen molar-refractivity contribution in [2.75, 3.05) is 0 Å². The maximum Gasteiger partial charge on any atom is 0.00401 e. The van der Waals surface area contributed by atoms with Crippen LogP contribution in [0.15, 0.2) is 29.2 Å². The Kier molecular flexibility index (Phi) is 2.18. The van der Waals surface area contributed by atoms with Gasteiger partial charge in [0.25, 0.3) is 0 Å². The SMILES string of the molecule is Sc1ccc(C23CC4CC(CC(C4)C2)C3)cc1. The minimum atomic E-state index is 0.552. The Bertz CT molecular complexity index is 396. The first kappa shape index (κ1) is 10.5. The summed E-state index contributed by atoms with van der Waals surface area (Å²) in [4.78, 5) is 1.10. The van der Waals surface area contributed by atoms with Gasteiger partial charge in [0.1, 0.15) is 0 Å². The number of rotatable bonds is 1. The fourth-order valence-corrected chi connectivity index (χ4v) is 5.43. The van der Waals surface area contributed by atoms with Gasteiger partial charge < -0.3 is 0 Å². The van der Waals surface area contributed by atoms with E-state index in [1.165, 1.54) is 38.5 Å². The van der Waals surface area contributed by atoms with Crippen molar-refractivity contribution < 1.29 is 0 Å². The highest BCUT2D eigenvalue weighted by Gasteiger charge is 2.51. The van der Waals surface area contributed by atoms with Crippen molar-refractivity contribution in [1.29, 1.82) is 0 Å². The van der Waals surface area contributed by atoms with E-state index in [-0.39, 0.29) is 0 Å². The third-order valence-electron chi connectivity index (χ3n) is 5.52. The van der Waals surface area contributed by atoms with Crippen molar-refractivity contribution >= 4 is 12.6 Å². The van der Waals surface area contributed by atoms with Crippen LogP contribution in [-0.2, 0) is 5.41 Å². The largest absolute Gasteiger partial charge is 0.143 e. The van der Waals surface area contributed by atoms with Gasteiger partial charge in [-0.25, -0.2) is 0 Å². The minimum Gasteiger partial charge on any atom is -0.143 e. The van der Waals surface area contributed by atoms with Crippen LogP contribution >= 0.6 is 12.6 Å². The predicted molar refractivity (Wildman–Crippen MR) is 73.5 cm³/mol. The van der Waals surface area contributed by atoms with Gasteiger partial charge in [0.15, 0.2) is 0 Å². The van der Waals surface area contributed by atoms with Crippen LogP contribution in [0.25, 0.3) is 0 Å². The molecule has 1 heteroatoms. The summed E-state index contributed by atoms with van der Waals surface area (Å²) < 4.78 is 0. The summed E-state index contributed by atoms with van der Waals surface area (Å²) in [5, 5.41) is 0. The molecule has 4 aliphatic rings. The second-order valence-electron chi connectivity index (χ2n) is 6.74. The van der Waals surface area contributed by atoms with Crippen molar-refractivity contribution in [3.63, 3.8) is 0 Å². The van der Waals surface area contributed by atoms with E-state index in [1.54, 1.807) is 5.56 Å². The van der Waals surface area contributed by atoms with E-state index >= 15 is 0 Å². The third kappa shape index (κ3) is 1.58. The molecule has 1 aromatic carbocycles. The van der Waals surface area contributed by atoms with Crippen molar-refractivity contribution in [2.24, 2.45) is 17.8 Å². The standard InChI is InChI=1S/C16H20S/c17-15-3-1-14(2-4-15)16-8-11-5-12(9-16)7-13(6-11)10-16/h1-4,11-13,17H,5-10H2. The van der Waals surface area contributed by atoms with E-state index in [1.807, 2.05) is 0 Å². The number of hydrogen-bond acceptors (Lipinski definition) is 1. The maximum absolute atomic E-state index is 4.41. The summed E-state index contributed by atoms with van der Waals surface area (Å²) in [6.07, 6.45) is 8.98. The highest BCUT2D eigenvalue weighted by Crippen LogP contribution is 2.60. The van der Waals surface area contributed by atoms with Crippen LogP contribution < -0.4 is 0 Å². The Morgan fingerprint density at radius 3 is 1.76 bits per heavy atom. The molecule has 4 saturated carbocycles. The molecule has 0 saturated heterocycles. The number of thiol groups is 1. The van der Waals surface area contributed by atoms with Crippen molar-refractivity contribution in [3.05, 3.63) is 29.8 Å². The summed E-state index contributed by atoms with van der Waals surface area (Å²) in [5.41, 5.74) is 2.16. The molecule has 4 bridgehead atoms. The van der Waals surface area contributed by atoms with Gasteiger partial charge in [-0.2, -0.15) is 0 Å². The second-order valence-corrected chi connectivity index (χ2v) is 7.26. The second kappa shape index (κ2) is 3.54. The Morgan fingerprint density at radius 1 is 0.824 bits per heavy atom. The van der Waals surface area contributed by atoms with E-state index in [0.717, 1.165) is 22.6 Å². The van der Waals surface area contributed by atoms with Gasteiger partial charge in [0.2, 0.25) is 0 Å². The van der Waals surface area contributed by atoms with Gasteiger partial charge in [-0.05, 0) is 79.4 Å². The molecule has 0 nitrogen and oxygen atoms in total. The Balaban J connectivity index is 1.74. The molecule has 17 heavy (non-hydrogen) atoms. The van der Waals surface area contributed by atoms with Gasteiger partial charge in [0, 0.05) is 4.90 Å². The molecule has 0 atom stereocenters. The van der Waals surface area contributed by atoms with Gasteiger partial charge in [-0.3, -0.25) is 0 Å². The molecule has 1 aromatic rings. The van der Waals surface area contributed by atoms with Crippen LogP contribution in [0.3, 0.4) is 0 Å². The molecule has 90 valence electrons. The van der Waals surface area contributed by atoms with E-state index < -0.39 is 0 Å². The van der Waals surface area contributed by atoms with Crippen molar-refractivity contribution in [3.8, 4) is 0 Å². The molecule has 0 aliphatic heterocycles. The molecule has 5 rings (SSSR count). The van der Waals surface area contributed by atoms with Crippen molar-refractivity contribution in [2.45, 2.75) is 48.8 Å². The zero-order valence-electron chi connectivity index (χ0n) is 10.2. The smallest absolute Gasteiger partial charge is 0.00401 e. The van der Waals surface area contributed by atoms with Gasteiger partial charge in [-0.15, -0.1) is 12.6 Å². The van der Waals surface area contributed by atoms with Gasteiger partial charge in [-0.1, -0.05) is 12.1 Å². The molecular weight excluding hydrogens is 224 g/mol. The Labute approximate surface area is 109 Å². The maximum atomic E-state index is 4.41. The average Bonchev–Trinajstić information content (AvgIpc) is 2.27. The molecule has 4 aliphatic carbocycles. The minimum absolute atomic E-state index is 0.552. The fraction of sp³-hybridized carbons (Fsp3) is 0.625. The van der Waals surface area contributed by atoms with Crippen LogP contribution in [0.1, 0.15) is 44.1 Å². The summed E-state index contributed by atoms with van der Waals surface area (Å²) in [6.45, 7) is 0. The first-order valence-electron chi connectivity index (χ1n) is 7.03. The highest BCUT2D eigenvalue weighted by atomic mass is 32.1. The molecule has 0 heterocycles. The molecule has 0 spiro atoms. The Morgan fingerprint density at radius 2 is 1.29 bits per heavy atom. The van der Waals surface area contributed by atoms with Crippen LogP contribution in [-0.4, -0.2) is 0 Å². The number of hydrogen-bond donors (Lipinski definition) is 1. The van der Waals surface area contributed by atoms with E-state index in [0.29, 0.717) is 5.41 Å². The molecule has 0 N–H and O–H groups in total. The topological polar surface area (TPSA) is 0 Å². The normalized spacial score (nSPS) is 43.0. The van der Waals surface area contributed by atoms with Crippen molar-refractivity contribution in [1.82, 2.24) is 0 Å². The van der Waals surface area contributed by atoms with Crippen LogP contribution in [0.4, 0.5) is 0 Å². The van der Waals surface area contributed by atoms with Gasteiger partial charge in [0.05, 0.1) is 0 Å². The lowest BCUT2D eigenvalue weighted by molar-refractivity contribution is -0.00520. The van der Waals surface area contributed by atoms with E-state index in [2.05, 4.69) is 36.9 Å². The van der Waals surface area contributed by atoms with Crippen LogP contribution in [0.2, 0.25) is 0 Å². The first-order chi connectivity index (χ1) is 8.23. The summed E-state index contributed by atoms with van der Waals surface area (Å²) in [6, 6.07) is 9.04. The zero-order chi connectivity index (χ0) is 11.5. The first-order valence-corrected chi connectivity index (χ1v) is 7.48. The van der Waals surface area contributed by atoms with Crippen LogP contribution in [0, 0.1) is 17.8 Å². The fourth-order valence-electron chi connectivity index (χ4n) is 5.28. The summed E-state index contributed by atoms with van der Waals surface area (Å²) in [5.74, 6) is 3.12. The lowest BCUT2D eigenvalue weighted by Gasteiger charge is -2.57.